The molecule has 2 aromatic rings. The van der Waals surface area contributed by atoms with Crippen molar-refractivity contribution in [2.75, 3.05) is 52.4 Å². The third-order valence-electron chi connectivity index (χ3n) is 10.3. The number of carbonyl (C=O) groups excluding carboxylic acids is 2. The molecule has 0 aliphatic heterocycles. The molecular formula is C47H82N6O3. The van der Waals surface area contributed by atoms with Crippen LogP contribution in [-0.4, -0.2) is 70.2 Å². The van der Waals surface area contributed by atoms with Crippen LogP contribution in [0.2, 0.25) is 0 Å². The van der Waals surface area contributed by atoms with Gasteiger partial charge < -0.3 is 37.1 Å². The maximum Gasteiger partial charge on any atom is 0.242 e. The Labute approximate surface area is 342 Å². The first kappa shape index (κ1) is 49.2. The van der Waals surface area contributed by atoms with Gasteiger partial charge in [0.2, 0.25) is 11.8 Å². The molecule has 0 aliphatic carbocycles. The Kier molecular flexibility index (Phi) is 31.9. The standard InChI is InChI=1S/C47H82N6O3/c1-2-25-46(54)53-45(40-42-28-30-44(31-29-42)56-41-43-26-16-15-17-27-43)47(55)52-39-24-38-51-37-23-14-13-22-36-50-34-20-11-8-6-4-3-5-7-10-19-33-49-35-21-12-9-18-32-48/h15-17,26-31,45,49-51H,2-14,18-25,32-41,48H2,1H3,(H,52,55)(H,53,54)/t45-/m0/s1. The van der Waals surface area contributed by atoms with Crippen LogP contribution in [0.4, 0.5) is 0 Å². The first-order valence-corrected chi connectivity index (χ1v) is 22.8. The highest BCUT2D eigenvalue weighted by atomic mass is 16.5. The van der Waals surface area contributed by atoms with Gasteiger partial charge in [0.1, 0.15) is 18.4 Å². The molecule has 0 radical (unpaired) electrons. The van der Waals surface area contributed by atoms with Crippen molar-refractivity contribution in [2.24, 2.45) is 5.73 Å². The number of nitrogens with one attached hydrogen (secondary N) is 5. The lowest BCUT2D eigenvalue weighted by atomic mass is 10.0. The van der Waals surface area contributed by atoms with E-state index in [-0.39, 0.29) is 11.8 Å². The Hall–Kier alpha value is -2.98. The molecule has 2 amide bonds. The summed E-state index contributed by atoms with van der Waals surface area (Å²) < 4.78 is 5.90. The van der Waals surface area contributed by atoms with E-state index in [0.717, 1.165) is 62.4 Å². The number of ether oxygens (including phenoxy) is 1. The van der Waals surface area contributed by atoms with Gasteiger partial charge >= 0.3 is 0 Å². The predicted octanol–water partition coefficient (Wildman–Crippen LogP) is 8.35. The number of hydrogen-bond acceptors (Lipinski definition) is 7. The molecule has 0 aliphatic rings. The van der Waals surface area contributed by atoms with Crippen molar-refractivity contribution in [2.45, 2.75) is 161 Å². The minimum absolute atomic E-state index is 0.0919. The summed E-state index contributed by atoms with van der Waals surface area (Å²) in [6.07, 6.45) is 26.2. The molecule has 0 aromatic heterocycles. The highest BCUT2D eigenvalue weighted by Gasteiger charge is 2.20. The van der Waals surface area contributed by atoms with Crippen LogP contribution in [0.1, 0.15) is 153 Å². The maximum absolute atomic E-state index is 13.1. The van der Waals surface area contributed by atoms with Crippen molar-refractivity contribution < 1.29 is 14.3 Å². The van der Waals surface area contributed by atoms with Gasteiger partial charge in [-0.25, -0.2) is 0 Å². The molecule has 0 fully saturated rings. The third kappa shape index (κ3) is 28.4. The second kappa shape index (κ2) is 36.4. The highest BCUT2D eigenvalue weighted by Crippen LogP contribution is 2.16. The van der Waals surface area contributed by atoms with Crippen molar-refractivity contribution in [3.05, 3.63) is 65.7 Å². The van der Waals surface area contributed by atoms with E-state index < -0.39 is 6.04 Å². The van der Waals surface area contributed by atoms with Crippen molar-refractivity contribution in [1.82, 2.24) is 26.6 Å². The van der Waals surface area contributed by atoms with E-state index in [1.807, 2.05) is 61.5 Å². The van der Waals surface area contributed by atoms with Crippen LogP contribution in [0.5, 0.6) is 5.75 Å². The van der Waals surface area contributed by atoms with E-state index in [2.05, 4.69) is 26.6 Å². The number of rotatable bonds is 39. The topological polar surface area (TPSA) is 130 Å². The number of nitrogens with two attached hydrogens (primary N) is 1. The Morgan fingerprint density at radius 2 is 1.02 bits per heavy atom. The fourth-order valence-corrected chi connectivity index (χ4v) is 6.84. The van der Waals surface area contributed by atoms with E-state index in [0.29, 0.717) is 26.0 Å². The quantitative estimate of drug-likeness (QED) is 0.0377. The second-order valence-electron chi connectivity index (χ2n) is 15.5. The van der Waals surface area contributed by atoms with Crippen LogP contribution >= 0.6 is 0 Å². The zero-order valence-corrected chi connectivity index (χ0v) is 35.5. The number of benzene rings is 2. The highest BCUT2D eigenvalue weighted by molar-refractivity contribution is 5.87. The van der Waals surface area contributed by atoms with Gasteiger partial charge in [0.25, 0.3) is 0 Å². The van der Waals surface area contributed by atoms with E-state index in [1.54, 1.807) is 0 Å². The van der Waals surface area contributed by atoms with Gasteiger partial charge in [-0.15, -0.1) is 0 Å². The summed E-state index contributed by atoms with van der Waals surface area (Å²) in [6.45, 7) is 10.4. The predicted molar refractivity (Wildman–Crippen MR) is 236 cm³/mol. The van der Waals surface area contributed by atoms with Crippen molar-refractivity contribution >= 4 is 11.8 Å². The molecule has 0 bridgehead atoms. The summed E-state index contributed by atoms with van der Waals surface area (Å²) in [5.74, 6) is 0.548. The summed E-state index contributed by atoms with van der Waals surface area (Å²) in [5, 5.41) is 16.7. The average Bonchev–Trinajstić information content (AvgIpc) is 3.21. The lowest BCUT2D eigenvalue weighted by Crippen LogP contribution is -2.48. The molecule has 2 rings (SSSR count). The molecule has 56 heavy (non-hydrogen) atoms. The molecule has 2 aromatic carbocycles. The third-order valence-corrected chi connectivity index (χ3v) is 10.3. The van der Waals surface area contributed by atoms with Gasteiger partial charge in [0.15, 0.2) is 0 Å². The monoisotopic (exact) mass is 779 g/mol. The van der Waals surface area contributed by atoms with Crippen molar-refractivity contribution in [1.29, 1.82) is 0 Å². The van der Waals surface area contributed by atoms with Crippen LogP contribution < -0.4 is 37.1 Å². The lowest BCUT2D eigenvalue weighted by Gasteiger charge is -2.19. The molecule has 0 unspecified atom stereocenters. The minimum Gasteiger partial charge on any atom is -0.489 e. The van der Waals surface area contributed by atoms with E-state index in [9.17, 15) is 9.59 Å². The Morgan fingerprint density at radius 3 is 1.50 bits per heavy atom. The lowest BCUT2D eigenvalue weighted by molar-refractivity contribution is -0.129. The molecule has 0 saturated heterocycles. The van der Waals surface area contributed by atoms with Crippen LogP contribution in [0.3, 0.4) is 0 Å². The Bertz CT molecular complexity index is 1180. The first-order chi connectivity index (χ1) is 27.6. The summed E-state index contributed by atoms with van der Waals surface area (Å²) in [4.78, 5) is 25.5. The minimum atomic E-state index is -0.604. The Balaban J connectivity index is 1.37. The molecule has 318 valence electrons. The number of amides is 2. The van der Waals surface area contributed by atoms with Gasteiger partial charge in [-0.1, -0.05) is 126 Å². The number of unbranched alkanes of at least 4 members (excludes halogenated alkanes) is 15. The van der Waals surface area contributed by atoms with Gasteiger partial charge in [-0.05, 0) is 120 Å². The van der Waals surface area contributed by atoms with Gasteiger partial charge in [-0.3, -0.25) is 9.59 Å². The van der Waals surface area contributed by atoms with Crippen molar-refractivity contribution in [3.63, 3.8) is 0 Å². The summed E-state index contributed by atoms with van der Waals surface area (Å²) in [5.41, 5.74) is 7.63. The van der Waals surface area contributed by atoms with Gasteiger partial charge in [0, 0.05) is 19.4 Å². The zero-order chi connectivity index (χ0) is 40.0. The van der Waals surface area contributed by atoms with Crippen LogP contribution in [0, 0.1) is 0 Å². The maximum atomic E-state index is 13.1. The Morgan fingerprint density at radius 1 is 0.554 bits per heavy atom. The SMILES string of the molecule is CCCC(=O)N[C@@H](Cc1ccc(OCc2ccccc2)cc1)C(=O)NCCCNCCCCCCNCCCCCCCCCCCCNCCCCCCN. The molecule has 0 saturated carbocycles. The van der Waals surface area contributed by atoms with E-state index in [1.165, 1.54) is 129 Å². The number of hydrogen-bond donors (Lipinski definition) is 6. The molecule has 0 heterocycles. The molecular weight excluding hydrogens is 697 g/mol. The molecule has 0 spiro atoms. The summed E-state index contributed by atoms with van der Waals surface area (Å²) in [7, 11) is 0. The number of carbonyl (C=O) groups is 2. The average molecular weight is 779 g/mol. The van der Waals surface area contributed by atoms with Gasteiger partial charge in [0.05, 0.1) is 0 Å². The van der Waals surface area contributed by atoms with E-state index in [4.69, 9.17) is 10.5 Å². The largest absolute Gasteiger partial charge is 0.489 e. The van der Waals surface area contributed by atoms with Crippen LogP contribution in [0.25, 0.3) is 0 Å². The molecule has 1 atom stereocenters. The first-order valence-electron chi connectivity index (χ1n) is 22.8. The summed E-state index contributed by atoms with van der Waals surface area (Å²) >= 11 is 0. The second-order valence-corrected chi connectivity index (χ2v) is 15.5. The van der Waals surface area contributed by atoms with Crippen LogP contribution in [0.15, 0.2) is 54.6 Å². The van der Waals surface area contributed by atoms with Crippen molar-refractivity contribution in [3.8, 4) is 5.75 Å². The fourth-order valence-electron chi connectivity index (χ4n) is 6.84. The molecule has 9 heteroatoms. The molecule has 7 N–H and O–H groups in total. The smallest absolute Gasteiger partial charge is 0.242 e. The molecule has 9 nitrogen and oxygen atoms in total. The van der Waals surface area contributed by atoms with Crippen LogP contribution in [-0.2, 0) is 22.6 Å². The fraction of sp³-hybridized carbons (Fsp3) is 0.702. The zero-order valence-electron chi connectivity index (χ0n) is 35.5. The van der Waals surface area contributed by atoms with Gasteiger partial charge in [-0.2, -0.15) is 0 Å². The summed E-state index contributed by atoms with van der Waals surface area (Å²) in [6, 6.07) is 17.2. The normalized spacial score (nSPS) is 11.8. The van der Waals surface area contributed by atoms with E-state index >= 15 is 0 Å².